The molecule has 33 heavy (non-hydrogen) atoms. The second kappa shape index (κ2) is 10.1. The second-order valence-electron chi connectivity index (χ2n) is 7.80. The molecule has 1 saturated heterocycles. The summed E-state index contributed by atoms with van der Waals surface area (Å²) in [6.07, 6.45) is 5.84. The third kappa shape index (κ3) is 5.40. The SMILES string of the molecule is CCOc1ccc(S(=O)(=O)N2CCCCC2)cc1NC(=O)c1ccc(Cn2cncn2)cc1. The molecular formula is C23H27N5O4S. The molecule has 0 aliphatic carbocycles. The quantitative estimate of drug-likeness (QED) is 0.543. The van der Waals surface area contributed by atoms with Gasteiger partial charge in [-0.1, -0.05) is 18.6 Å². The van der Waals surface area contributed by atoms with E-state index in [4.69, 9.17) is 4.74 Å². The van der Waals surface area contributed by atoms with Gasteiger partial charge in [-0.05, 0) is 55.7 Å². The Morgan fingerprint density at radius 3 is 2.52 bits per heavy atom. The van der Waals surface area contributed by atoms with E-state index in [1.54, 1.807) is 29.2 Å². The highest BCUT2D eigenvalue weighted by atomic mass is 32.2. The monoisotopic (exact) mass is 469 g/mol. The van der Waals surface area contributed by atoms with E-state index < -0.39 is 10.0 Å². The number of aromatic nitrogens is 3. The van der Waals surface area contributed by atoms with Gasteiger partial charge in [-0.25, -0.2) is 18.1 Å². The van der Waals surface area contributed by atoms with Crippen molar-refractivity contribution in [3.05, 3.63) is 66.2 Å². The van der Waals surface area contributed by atoms with E-state index in [2.05, 4.69) is 15.4 Å². The molecule has 1 aliphatic rings. The number of piperidine rings is 1. The van der Waals surface area contributed by atoms with Crippen LogP contribution in [0.25, 0.3) is 0 Å². The van der Waals surface area contributed by atoms with Crippen molar-refractivity contribution in [2.24, 2.45) is 0 Å². The van der Waals surface area contributed by atoms with Crippen molar-refractivity contribution in [1.29, 1.82) is 0 Å². The van der Waals surface area contributed by atoms with Gasteiger partial charge in [-0.15, -0.1) is 0 Å². The number of benzene rings is 2. The lowest BCUT2D eigenvalue weighted by Gasteiger charge is -2.26. The maximum atomic E-state index is 13.1. The molecule has 10 heteroatoms. The van der Waals surface area contributed by atoms with Gasteiger partial charge >= 0.3 is 0 Å². The highest BCUT2D eigenvalue weighted by Gasteiger charge is 2.27. The number of sulfonamides is 1. The van der Waals surface area contributed by atoms with Gasteiger partial charge in [0, 0.05) is 18.7 Å². The summed E-state index contributed by atoms with van der Waals surface area (Å²) in [7, 11) is -3.63. The van der Waals surface area contributed by atoms with Crippen molar-refractivity contribution in [2.75, 3.05) is 25.0 Å². The molecular weight excluding hydrogens is 442 g/mol. The number of anilines is 1. The minimum Gasteiger partial charge on any atom is -0.492 e. The summed E-state index contributed by atoms with van der Waals surface area (Å²) in [6, 6.07) is 11.7. The topological polar surface area (TPSA) is 106 Å². The number of hydrogen-bond acceptors (Lipinski definition) is 6. The average Bonchev–Trinajstić information content (AvgIpc) is 3.34. The summed E-state index contributed by atoms with van der Waals surface area (Å²) in [5.74, 6) is 0.0713. The molecule has 4 rings (SSSR count). The van der Waals surface area contributed by atoms with E-state index in [0.717, 1.165) is 24.8 Å². The molecule has 0 bridgehead atoms. The molecule has 174 valence electrons. The molecule has 1 N–H and O–H groups in total. The standard InChI is InChI=1S/C23H27N5O4S/c1-2-32-22-11-10-20(33(30,31)28-12-4-3-5-13-28)14-21(22)26-23(29)19-8-6-18(7-9-19)15-27-17-24-16-25-27/h6-11,14,16-17H,2-5,12-13,15H2,1H3,(H,26,29). The Kier molecular flexibility index (Phi) is 7.05. The van der Waals surface area contributed by atoms with Gasteiger partial charge in [0.25, 0.3) is 5.91 Å². The number of hydrogen-bond donors (Lipinski definition) is 1. The Morgan fingerprint density at radius 1 is 1.09 bits per heavy atom. The number of rotatable bonds is 8. The number of carbonyl (C=O) groups is 1. The fourth-order valence-corrected chi connectivity index (χ4v) is 5.30. The van der Waals surface area contributed by atoms with Crippen molar-refractivity contribution in [3.63, 3.8) is 0 Å². The summed E-state index contributed by atoms with van der Waals surface area (Å²) in [5, 5.41) is 6.89. The first-order valence-electron chi connectivity index (χ1n) is 11.0. The van der Waals surface area contributed by atoms with E-state index in [1.165, 1.54) is 22.8 Å². The lowest BCUT2D eigenvalue weighted by molar-refractivity contribution is 0.102. The van der Waals surface area contributed by atoms with Crippen molar-refractivity contribution in [1.82, 2.24) is 19.1 Å². The molecule has 3 aromatic rings. The molecule has 9 nitrogen and oxygen atoms in total. The first-order chi connectivity index (χ1) is 16.0. The van der Waals surface area contributed by atoms with E-state index in [0.29, 0.717) is 43.2 Å². The molecule has 1 fully saturated rings. The minimum atomic E-state index is -3.63. The molecule has 1 aromatic heterocycles. The number of carbonyl (C=O) groups excluding carboxylic acids is 1. The van der Waals surface area contributed by atoms with Crippen LogP contribution in [0.2, 0.25) is 0 Å². The number of amides is 1. The Balaban J connectivity index is 1.54. The molecule has 2 heterocycles. The predicted molar refractivity (Wildman–Crippen MR) is 124 cm³/mol. The maximum absolute atomic E-state index is 13.1. The van der Waals surface area contributed by atoms with Gasteiger partial charge in [-0.3, -0.25) is 4.79 Å². The van der Waals surface area contributed by atoms with Crippen LogP contribution in [0.15, 0.2) is 60.0 Å². The Morgan fingerprint density at radius 2 is 1.85 bits per heavy atom. The van der Waals surface area contributed by atoms with Gasteiger partial charge in [0.05, 0.1) is 23.7 Å². The largest absolute Gasteiger partial charge is 0.492 e. The highest BCUT2D eigenvalue weighted by Crippen LogP contribution is 2.30. The van der Waals surface area contributed by atoms with Crippen LogP contribution in [0, 0.1) is 0 Å². The molecule has 0 radical (unpaired) electrons. The zero-order valence-electron chi connectivity index (χ0n) is 18.5. The van der Waals surface area contributed by atoms with E-state index in [9.17, 15) is 13.2 Å². The number of ether oxygens (including phenoxy) is 1. The van der Waals surface area contributed by atoms with Crippen LogP contribution < -0.4 is 10.1 Å². The third-order valence-corrected chi connectivity index (χ3v) is 7.37. The summed E-state index contributed by atoms with van der Waals surface area (Å²) in [4.78, 5) is 17.0. The van der Waals surface area contributed by atoms with Crippen molar-refractivity contribution in [2.45, 2.75) is 37.6 Å². The third-order valence-electron chi connectivity index (χ3n) is 5.48. The summed E-state index contributed by atoms with van der Waals surface area (Å²) in [5.41, 5.74) is 1.75. The van der Waals surface area contributed by atoms with Gasteiger partial charge in [0.15, 0.2) is 0 Å². The smallest absolute Gasteiger partial charge is 0.255 e. The van der Waals surface area contributed by atoms with Crippen LogP contribution in [0.3, 0.4) is 0 Å². The number of nitrogens with one attached hydrogen (secondary N) is 1. The van der Waals surface area contributed by atoms with Crippen LogP contribution >= 0.6 is 0 Å². The van der Waals surface area contributed by atoms with E-state index in [1.807, 2.05) is 19.1 Å². The number of nitrogens with zero attached hydrogens (tertiary/aromatic N) is 4. The van der Waals surface area contributed by atoms with Gasteiger partial charge in [0.1, 0.15) is 18.4 Å². The summed E-state index contributed by atoms with van der Waals surface area (Å²) >= 11 is 0. The Labute approximate surface area is 193 Å². The zero-order valence-corrected chi connectivity index (χ0v) is 19.3. The minimum absolute atomic E-state index is 0.145. The fourth-order valence-electron chi connectivity index (χ4n) is 3.76. The Bertz CT molecular complexity index is 1190. The predicted octanol–water partition coefficient (Wildman–Crippen LogP) is 3.15. The average molecular weight is 470 g/mol. The molecule has 0 saturated carbocycles. The first kappa shape index (κ1) is 22.9. The zero-order chi connectivity index (χ0) is 23.3. The lowest BCUT2D eigenvalue weighted by Crippen LogP contribution is -2.35. The van der Waals surface area contributed by atoms with Crippen LogP contribution in [-0.2, 0) is 16.6 Å². The molecule has 0 spiro atoms. The molecule has 1 aliphatic heterocycles. The van der Waals surface area contributed by atoms with Crippen molar-refractivity contribution < 1.29 is 17.9 Å². The van der Waals surface area contributed by atoms with Crippen LogP contribution in [0.5, 0.6) is 5.75 Å². The van der Waals surface area contributed by atoms with Crippen LogP contribution in [0.4, 0.5) is 5.69 Å². The van der Waals surface area contributed by atoms with Gasteiger partial charge in [-0.2, -0.15) is 9.40 Å². The van der Waals surface area contributed by atoms with Gasteiger partial charge < -0.3 is 10.1 Å². The van der Waals surface area contributed by atoms with E-state index in [-0.39, 0.29) is 10.8 Å². The van der Waals surface area contributed by atoms with Crippen molar-refractivity contribution >= 4 is 21.6 Å². The molecule has 0 unspecified atom stereocenters. The summed E-state index contributed by atoms with van der Waals surface area (Å²) in [6.45, 7) is 3.79. The fraction of sp³-hybridized carbons (Fsp3) is 0.348. The maximum Gasteiger partial charge on any atom is 0.255 e. The second-order valence-corrected chi connectivity index (χ2v) is 9.74. The highest BCUT2D eigenvalue weighted by molar-refractivity contribution is 7.89. The van der Waals surface area contributed by atoms with Gasteiger partial charge in [0.2, 0.25) is 10.0 Å². The van der Waals surface area contributed by atoms with Crippen LogP contribution in [0.1, 0.15) is 42.1 Å². The molecule has 1 amide bonds. The Hall–Kier alpha value is -3.24. The normalized spacial score (nSPS) is 14.7. The van der Waals surface area contributed by atoms with Crippen LogP contribution in [-0.4, -0.2) is 53.1 Å². The first-order valence-corrected chi connectivity index (χ1v) is 12.4. The molecule has 0 atom stereocenters. The van der Waals surface area contributed by atoms with Crippen molar-refractivity contribution in [3.8, 4) is 5.75 Å². The van der Waals surface area contributed by atoms with E-state index >= 15 is 0 Å². The summed E-state index contributed by atoms with van der Waals surface area (Å²) < 4.78 is 35.0. The lowest BCUT2D eigenvalue weighted by atomic mass is 10.1. The molecule has 2 aromatic carbocycles.